The van der Waals surface area contributed by atoms with E-state index in [0.29, 0.717) is 0 Å². The molecule has 4 nitrogen and oxygen atoms in total. The number of primary amides is 1. The summed E-state index contributed by atoms with van der Waals surface area (Å²) in [6.45, 7) is 0. The average Bonchev–Trinajstić information content (AvgIpc) is 2.98. The highest BCUT2D eigenvalue weighted by Crippen LogP contribution is 2.30. The number of carbonyl (C=O) groups excluding carboxylic acids is 1. The summed E-state index contributed by atoms with van der Waals surface area (Å²) >= 11 is 4.79. The van der Waals surface area contributed by atoms with Gasteiger partial charge in [-0.05, 0) is 24.3 Å². The first kappa shape index (κ1) is 15.8. The van der Waals surface area contributed by atoms with Crippen molar-refractivity contribution >= 4 is 33.6 Å². The summed E-state index contributed by atoms with van der Waals surface area (Å²) in [6.07, 6.45) is 1.82. The molecule has 23 heavy (non-hydrogen) atoms. The molecule has 0 saturated carbocycles. The minimum Gasteiger partial charge on any atom is -0.369 e. The Bertz CT molecular complexity index is 816. The van der Waals surface area contributed by atoms with Crippen LogP contribution in [0.4, 0.5) is 0 Å². The van der Waals surface area contributed by atoms with Crippen LogP contribution in [0.25, 0.3) is 16.9 Å². The van der Waals surface area contributed by atoms with E-state index in [1.54, 1.807) is 0 Å². The van der Waals surface area contributed by atoms with Crippen LogP contribution in [-0.4, -0.2) is 21.2 Å². The topological polar surface area (TPSA) is 60.9 Å². The van der Waals surface area contributed by atoms with Gasteiger partial charge in [-0.3, -0.25) is 9.36 Å². The Labute approximate surface area is 146 Å². The monoisotopic (exact) mass is 387 g/mol. The van der Waals surface area contributed by atoms with Crippen molar-refractivity contribution in [2.75, 3.05) is 5.75 Å². The van der Waals surface area contributed by atoms with Gasteiger partial charge in [0.05, 0.1) is 17.6 Å². The van der Waals surface area contributed by atoms with Gasteiger partial charge in [0.1, 0.15) is 0 Å². The molecule has 0 spiro atoms. The molecule has 3 aromatic rings. The lowest BCUT2D eigenvalue weighted by atomic mass is 10.1. The molecule has 2 N–H and O–H groups in total. The highest BCUT2D eigenvalue weighted by molar-refractivity contribution is 9.10. The van der Waals surface area contributed by atoms with Crippen molar-refractivity contribution < 1.29 is 4.79 Å². The Balaban J connectivity index is 2.09. The molecular formula is C17H14BrN3OS. The SMILES string of the molecule is NC(=O)CSc1ncc(-c2ccc(Br)cc2)n1-c1ccccc1. The number of rotatable bonds is 5. The fourth-order valence-electron chi connectivity index (χ4n) is 2.22. The summed E-state index contributed by atoms with van der Waals surface area (Å²) < 4.78 is 3.06. The van der Waals surface area contributed by atoms with Gasteiger partial charge in [-0.25, -0.2) is 4.98 Å². The average molecular weight is 388 g/mol. The summed E-state index contributed by atoms with van der Waals surface area (Å²) in [5.74, 6) is -0.160. The molecule has 6 heteroatoms. The Hall–Kier alpha value is -2.05. The van der Waals surface area contributed by atoms with Crippen LogP contribution in [0, 0.1) is 0 Å². The van der Waals surface area contributed by atoms with E-state index in [4.69, 9.17) is 5.73 Å². The zero-order valence-corrected chi connectivity index (χ0v) is 14.5. The van der Waals surface area contributed by atoms with Crippen molar-refractivity contribution in [3.63, 3.8) is 0 Å². The van der Waals surface area contributed by atoms with Gasteiger partial charge in [0, 0.05) is 15.7 Å². The Kier molecular flexibility index (Phi) is 4.83. The first-order valence-electron chi connectivity index (χ1n) is 6.95. The quantitative estimate of drug-likeness (QED) is 0.675. The van der Waals surface area contributed by atoms with Crippen LogP contribution in [0.15, 0.2) is 70.4 Å². The predicted molar refractivity (Wildman–Crippen MR) is 96.6 cm³/mol. The number of benzene rings is 2. The Morgan fingerprint density at radius 3 is 2.48 bits per heavy atom. The van der Waals surface area contributed by atoms with Gasteiger partial charge in [-0.15, -0.1) is 0 Å². The third kappa shape index (κ3) is 3.65. The largest absolute Gasteiger partial charge is 0.369 e. The number of para-hydroxylation sites is 1. The van der Waals surface area contributed by atoms with Crippen molar-refractivity contribution in [3.8, 4) is 16.9 Å². The summed E-state index contributed by atoms with van der Waals surface area (Å²) in [5.41, 5.74) is 8.28. The van der Waals surface area contributed by atoms with E-state index >= 15 is 0 Å². The molecule has 0 aliphatic carbocycles. The summed E-state index contributed by atoms with van der Waals surface area (Å²) in [7, 11) is 0. The van der Waals surface area contributed by atoms with E-state index in [1.165, 1.54) is 11.8 Å². The van der Waals surface area contributed by atoms with E-state index in [9.17, 15) is 4.79 Å². The molecule has 0 atom stereocenters. The molecule has 3 rings (SSSR count). The Morgan fingerprint density at radius 1 is 1.13 bits per heavy atom. The maximum atomic E-state index is 11.1. The number of aromatic nitrogens is 2. The minimum atomic E-state index is -0.359. The van der Waals surface area contributed by atoms with Crippen molar-refractivity contribution in [2.45, 2.75) is 5.16 Å². The molecule has 116 valence electrons. The molecule has 0 aliphatic heterocycles. The second-order valence-corrected chi connectivity index (χ2v) is 6.72. The molecule has 0 bridgehead atoms. The number of nitrogens with zero attached hydrogens (tertiary/aromatic N) is 2. The molecule has 0 saturated heterocycles. The zero-order valence-electron chi connectivity index (χ0n) is 12.1. The molecule has 0 fully saturated rings. The van der Waals surface area contributed by atoms with Crippen LogP contribution in [0.3, 0.4) is 0 Å². The first-order valence-corrected chi connectivity index (χ1v) is 8.73. The van der Waals surface area contributed by atoms with E-state index in [2.05, 4.69) is 20.9 Å². The smallest absolute Gasteiger partial charge is 0.227 e. The first-order chi connectivity index (χ1) is 11.1. The standard InChI is InChI=1S/C17H14BrN3OS/c18-13-8-6-12(7-9-13)15-10-20-17(23-11-16(19)22)21(15)14-4-2-1-3-5-14/h1-10H,11H2,(H2,19,22). The molecule has 0 unspecified atom stereocenters. The van der Waals surface area contributed by atoms with Gasteiger partial charge < -0.3 is 5.73 Å². The molecule has 1 aromatic heterocycles. The number of hydrogen-bond acceptors (Lipinski definition) is 3. The van der Waals surface area contributed by atoms with E-state index in [-0.39, 0.29) is 11.7 Å². The predicted octanol–water partition coefficient (Wildman–Crippen LogP) is 3.88. The van der Waals surface area contributed by atoms with Gasteiger partial charge in [0.2, 0.25) is 5.91 Å². The van der Waals surface area contributed by atoms with Crippen LogP contribution < -0.4 is 5.73 Å². The third-order valence-corrected chi connectivity index (χ3v) is 4.73. The second-order valence-electron chi connectivity index (χ2n) is 4.86. The second kappa shape index (κ2) is 7.02. The van der Waals surface area contributed by atoms with Gasteiger partial charge in [0.15, 0.2) is 5.16 Å². The lowest BCUT2D eigenvalue weighted by Gasteiger charge is -2.11. The van der Waals surface area contributed by atoms with Gasteiger partial charge in [0.25, 0.3) is 0 Å². The number of carbonyl (C=O) groups is 1. The van der Waals surface area contributed by atoms with E-state index in [0.717, 1.165) is 26.6 Å². The molecule has 1 heterocycles. The number of nitrogens with two attached hydrogens (primary N) is 1. The van der Waals surface area contributed by atoms with Gasteiger partial charge in [-0.1, -0.05) is 58.0 Å². The van der Waals surface area contributed by atoms with Crippen molar-refractivity contribution in [2.24, 2.45) is 5.73 Å². The van der Waals surface area contributed by atoms with E-state index < -0.39 is 0 Å². The number of thioether (sulfide) groups is 1. The summed E-state index contributed by atoms with van der Waals surface area (Å²) in [5, 5.41) is 0.743. The number of imidazole rings is 1. The maximum absolute atomic E-state index is 11.1. The number of hydrogen-bond donors (Lipinski definition) is 1. The van der Waals surface area contributed by atoms with Crippen molar-refractivity contribution in [3.05, 3.63) is 65.3 Å². The zero-order chi connectivity index (χ0) is 16.2. The lowest BCUT2D eigenvalue weighted by molar-refractivity contribution is -0.115. The fourth-order valence-corrected chi connectivity index (χ4v) is 3.22. The van der Waals surface area contributed by atoms with Crippen LogP contribution in [0.5, 0.6) is 0 Å². The number of amides is 1. The molecule has 2 aromatic carbocycles. The Morgan fingerprint density at radius 2 is 1.83 bits per heavy atom. The summed E-state index contributed by atoms with van der Waals surface area (Å²) in [6, 6.07) is 18.0. The van der Waals surface area contributed by atoms with Crippen LogP contribution in [-0.2, 0) is 4.79 Å². The normalized spacial score (nSPS) is 10.7. The molecule has 1 amide bonds. The molecule has 0 radical (unpaired) electrons. The highest BCUT2D eigenvalue weighted by Gasteiger charge is 2.14. The number of halogens is 1. The van der Waals surface area contributed by atoms with Crippen LogP contribution in [0.1, 0.15) is 0 Å². The maximum Gasteiger partial charge on any atom is 0.227 e. The van der Waals surface area contributed by atoms with Crippen LogP contribution >= 0.6 is 27.7 Å². The fraction of sp³-hybridized carbons (Fsp3) is 0.0588. The van der Waals surface area contributed by atoms with Crippen molar-refractivity contribution in [1.82, 2.24) is 9.55 Å². The van der Waals surface area contributed by atoms with Crippen molar-refractivity contribution in [1.29, 1.82) is 0 Å². The minimum absolute atomic E-state index is 0.198. The van der Waals surface area contributed by atoms with Gasteiger partial charge in [-0.2, -0.15) is 0 Å². The highest BCUT2D eigenvalue weighted by atomic mass is 79.9. The summed E-state index contributed by atoms with van der Waals surface area (Å²) in [4.78, 5) is 15.6. The third-order valence-electron chi connectivity index (χ3n) is 3.23. The molecule has 0 aliphatic rings. The molecular weight excluding hydrogens is 374 g/mol. The lowest BCUT2D eigenvalue weighted by Crippen LogP contribution is -2.13. The van der Waals surface area contributed by atoms with Crippen LogP contribution in [0.2, 0.25) is 0 Å². The van der Waals surface area contributed by atoms with Gasteiger partial charge >= 0.3 is 0 Å². The van der Waals surface area contributed by atoms with E-state index in [1.807, 2.05) is 65.4 Å².